The molecule has 2 heterocycles. The lowest BCUT2D eigenvalue weighted by atomic mass is 10.00. The maximum atomic E-state index is 13.3. The lowest BCUT2D eigenvalue weighted by Gasteiger charge is -2.36. The molecule has 0 N–H and O–H groups in total. The van der Waals surface area contributed by atoms with Gasteiger partial charge in [-0.1, -0.05) is 26.0 Å². The van der Waals surface area contributed by atoms with Crippen LogP contribution in [-0.2, 0) is 9.59 Å². The summed E-state index contributed by atoms with van der Waals surface area (Å²) >= 11 is 0. The molecule has 0 spiro atoms. The zero-order chi connectivity index (χ0) is 21.1. The molecule has 0 aliphatic carbocycles. The predicted octanol–water partition coefficient (Wildman–Crippen LogP) is 2.85. The SMILES string of the molecule is CCOc1ccc(C2=C(N(C)C3CCN(C)CC3)C(=O)N(CC(C)C)C2=O)cc1. The van der Waals surface area contributed by atoms with Crippen LogP contribution in [0, 0.1) is 5.92 Å². The quantitative estimate of drug-likeness (QED) is 0.660. The largest absolute Gasteiger partial charge is 0.494 e. The number of ether oxygens (including phenoxy) is 1. The molecule has 158 valence electrons. The van der Waals surface area contributed by atoms with Crippen molar-refractivity contribution in [1.29, 1.82) is 0 Å². The predicted molar refractivity (Wildman–Crippen MR) is 114 cm³/mol. The molecule has 1 aromatic carbocycles. The smallest absolute Gasteiger partial charge is 0.277 e. The number of hydrogen-bond donors (Lipinski definition) is 0. The molecule has 0 unspecified atom stereocenters. The van der Waals surface area contributed by atoms with Gasteiger partial charge >= 0.3 is 0 Å². The van der Waals surface area contributed by atoms with Crippen molar-refractivity contribution >= 4 is 17.4 Å². The topological polar surface area (TPSA) is 53.1 Å². The highest BCUT2D eigenvalue weighted by molar-refractivity contribution is 6.35. The number of hydrogen-bond acceptors (Lipinski definition) is 5. The van der Waals surface area contributed by atoms with Gasteiger partial charge in [-0.15, -0.1) is 0 Å². The molecule has 0 radical (unpaired) electrons. The molecule has 2 aliphatic rings. The molecule has 6 nitrogen and oxygen atoms in total. The first-order valence-corrected chi connectivity index (χ1v) is 10.6. The van der Waals surface area contributed by atoms with E-state index in [0.717, 1.165) is 37.2 Å². The normalized spacial score (nSPS) is 18.9. The lowest BCUT2D eigenvalue weighted by Crippen LogP contribution is -2.44. The van der Waals surface area contributed by atoms with E-state index in [0.29, 0.717) is 24.4 Å². The van der Waals surface area contributed by atoms with Crippen LogP contribution < -0.4 is 4.74 Å². The van der Waals surface area contributed by atoms with Gasteiger partial charge in [0.15, 0.2) is 0 Å². The van der Waals surface area contributed by atoms with Crippen LogP contribution in [0.3, 0.4) is 0 Å². The van der Waals surface area contributed by atoms with Crippen LogP contribution in [0.5, 0.6) is 5.75 Å². The maximum Gasteiger partial charge on any atom is 0.277 e. The third-order valence-corrected chi connectivity index (χ3v) is 5.73. The van der Waals surface area contributed by atoms with Crippen molar-refractivity contribution in [3.05, 3.63) is 35.5 Å². The Morgan fingerprint density at radius 1 is 1.10 bits per heavy atom. The van der Waals surface area contributed by atoms with Crippen LogP contribution in [0.15, 0.2) is 30.0 Å². The van der Waals surface area contributed by atoms with Crippen molar-refractivity contribution in [2.75, 3.05) is 40.3 Å². The molecule has 29 heavy (non-hydrogen) atoms. The van der Waals surface area contributed by atoms with Crippen LogP contribution in [0.4, 0.5) is 0 Å². The van der Waals surface area contributed by atoms with Crippen molar-refractivity contribution < 1.29 is 14.3 Å². The van der Waals surface area contributed by atoms with Gasteiger partial charge in [0.1, 0.15) is 11.4 Å². The summed E-state index contributed by atoms with van der Waals surface area (Å²) in [5.74, 6) is 0.618. The van der Waals surface area contributed by atoms with Crippen LogP contribution in [0.25, 0.3) is 5.57 Å². The second-order valence-corrected chi connectivity index (χ2v) is 8.44. The first-order valence-electron chi connectivity index (χ1n) is 10.6. The molecule has 1 aromatic rings. The first kappa shape index (κ1) is 21.4. The monoisotopic (exact) mass is 399 g/mol. The van der Waals surface area contributed by atoms with Crippen molar-refractivity contribution in [1.82, 2.24) is 14.7 Å². The Hall–Kier alpha value is -2.34. The summed E-state index contributed by atoms with van der Waals surface area (Å²) < 4.78 is 5.53. The summed E-state index contributed by atoms with van der Waals surface area (Å²) in [6.07, 6.45) is 1.97. The van der Waals surface area contributed by atoms with Crippen LogP contribution in [0.2, 0.25) is 0 Å². The summed E-state index contributed by atoms with van der Waals surface area (Å²) in [5.41, 5.74) is 1.82. The number of carbonyl (C=O) groups excluding carboxylic acids is 2. The Morgan fingerprint density at radius 3 is 2.28 bits per heavy atom. The first-order chi connectivity index (χ1) is 13.8. The standard InChI is InChI=1S/C23H33N3O3/c1-6-29-19-9-7-17(8-10-19)20-21(23(28)26(22(20)27)15-16(2)3)25(5)18-11-13-24(4)14-12-18/h7-10,16,18H,6,11-15H2,1-5H3. The molecule has 0 bridgehead atoms. The Bertz CT molecular complexity index is 777. The van der Waals surface area contributed by atoms with E-state index in [2.05, 4.69) is 16.8 Å². The molecule has 0 aromatic heterocycles. The Morgan fingerprint density at radius 2 is 1.72 bits per heavy atom. The molecular formula is C23H33N3O3. The number of amides is 2. The second-order valence-electron chi connectivity index (χ2n) is 8.44. The van der Waals surface area contributed by atoms with Crippen molar-refractivity contribution in [3.8, 4) is 5.75 Å². The third kappa shape index (κ3) is 4.47. The number of benzene rings is 1. The highest BCUT2D eigenvalue weighted by Gasteiger charge is 2.42. The van der Waals surface area contributed by atoms with Crippen LogP contribution in [-0.4, -0.2) is 72.9 Å². The lowest BCUT2D eigenvalue weighted by molar-refractivity contribution is -0.138. The van der Waals surface area contributed by atoms with Gasteiger partial charge in [0.25, 0.3) is 11.8 Å². The fourth-order valence-corrected chi connectivity index (χ4v) is 4.13. The number of likely N-dealkylation sites (tertiary alicyclic amines) is 1. The molecule has 0 saturated carbocycles. The van der Waals surface area contributed by atoms with E-state index in [4.69, 9.17) is 4.74 Å². The van der Waals surface area contributed by atoms with E-state index in [1.54, 1.807) is 0 Å². The molecule has 1 fully saturated rings. The summed E-state index contributed by atoms with van der Waals surface area (Å²) in [5, 5.41) is 0. The number of piperidine rings is 1. The minimum Gasteiger partial charge on any atom is -0.494 e. The molecule has 1 saturated heterocycles. The molecule has 2 aliphatic heterocycles. The van der Waals surface area contributed by atoms with Gasteiger partial charge < -0.3 is 14.5 Å². The average molecular weight is 400 g/mol. The number of imide groups is 1. The number of rotatable bonds is 7. The van der Waals surface area contributed by atoms with E-state index in [-0.39, 0.29) is 23.8 Å². The number of likely N-dealkylation sites (N-methyl/N-ethyl adjacent to an activating group) is 1. The zero-order valence-corrected chi connectivity index (χ0v) is 18.3. The van der Waals surface area contributed by atoms with Crippen molar-refractivity contribution in [2.45, 2.75) is 39.7 Å². The van der Waals surface area contributed by atoms with Gasteiger partial charge in [0.2, 0.25) is 0 Å². The molecular weight excluding hydrogens is 366 g/mol. The third-order valence-electron chi connectivity index (χ3n) is 5.73. The second kappa shape index (κ2) is 8.99. The van der Waals surface area contributed by atoms with Crippen molar-refractivity contribution in [3.63, 3.8) is 0 Å². The van der Waals surface area contributed by atoms with E-state index in [9.17, 15) is 9.59 Å². The molecule has 2 amide bonds. The minimum atomic E-state index is -0.192. The highest BCUT2D eigenvalue weighted by Crippen LogP contribution is 2.34. The Labute approximate surface area is 174 Å². The van der Waals surface area contributed by atoms with Gasteiger partial charge in [-0.2, -0.15) is 0 Å². The van der Waals surface area contributed by atoms with E-state index in [1.165, 1.54) is 4.90 Å². The molecule has 3 rings (SSSR count). The highest BCUT2D eigenvalue weighted by atomic mass is 16.5. The molecule has 0 atom stereocenters. The van der Waals surface area contributed by atoms with Crippen molar-refractivity contribution in [2.24, 2.45) is 5.92 Å². The van der Waals surface area contributed by atoms with E-state index < -0.39 is 0 Å². The minimum absolute atomic E-state index is 0.172. The van der Waals surface area contributed by atoms with Crippen LogP contribution in [0.1, 0.15) is 39.2 Å². The van der Waals surface area contributed by atoms with Gasteiger partial charge in [-0.3, -0.25) is 14.5 Å². The summed E-state index contributed by atoms with van der Waals surface area (Å²) in [7, 11) is 4.08. The molecule has 6 heteroatoms. The van der Waals surface area contributed by atoms with E-state index in [1.807, 2.05) is 52.1 Å². The fraction of sp³-hybridized carbons (Fsp3) is 0.565. The van der Waals surface area contributed by atoms with Crippen LogP contribution >= 0.6 is 0 Å². The average Bonchev–Trinajstić information content (AvgIpc) is 2.93. The fourth-order valence-electron chi connectivity index (χ4n) is 4.13. The maximum absolute atomic E-state index is 13.3. The number of carbonyl (C=O) groups is 2. The van der Waals surface area contributed by atoms with Gasteiger partial charge in [0, 0.05) is 19.6 Å². The number of nitrogens with zero attached hydrogens (tertiary/aromatic N) is 3. The summed E-state index contributed by atoms with van der Waals surface area (Å²) in [6, 6.07) is 7.75. The van der Waals surface area contributed by atoms with E-state index >= 15 is 0 Å². The van der Waals surface area contributed by atoms with Gasteiger partial charge in [0.05, 0.1) is 12.2 Å². The zero-order valence-electron chi connectivity index (χ0n) is 18.3. The summed E-state index contributed by atoms with van der Waals surface area (Å²) in [6.45, 7) is 9.01. The van der Waals surface area contributed by atoms with Gasteiger partial charge in [-0.05, 0) is 63.5 Å². The van der Waals surface area contributed by atoms with Gasteiger partial charge in [-0.25, -0.2) is 0 Å². The Balaban J connectivity index is 1.98. The summed E-state index contributed by atoms with van der Waals surface area (Å²) in [4.78, 5) is 32.4. The Kier molecular flexibility index (Phi) is 6.63.